The molecule has 1 aromatic rings. The SMILES string of the molecule is COc1c(N)c(C=O)c(C(C)(C)C)c(C(=O)OC(C)(C)C)c1C=O. The molecule has 0 saturated carbocycles. The molecule has 132 valence electrons. The number of nitrogens with two attached hydrogens (primary N) is 1. The van der Waals surface area contributed by atoms with Crippen molar-refractivity contribution in [2.45, 2.75) is 52.6 Å². The lowest BCUT2D eigenvalue weighted by atomic mass is 9.78. The number of carbonyl (C=O) groups is 3. The van der Waals surface area contributed by atoms with Crippen LogP contribution in [0.1, 0.15) is 78.2 Å². The molecule has 0 fully saturated rings. The van der Waals surface area contributed by atoms with Crippen LogP contribution in [0.3, 0.4) is 0 Å². The number of rotatable bonds is 4. The summed E-state index contributed by atoms with van der Waals surface area (Å²) in [7, 11) is 1.32. The van der Waals surface area contributed by atoms with Crippen LogP contribution in [0.4, 0.5) is 5.69 Å². The van der Waals surface area contributed by atoms with Crippen molar-refractivity contribution < 1.29 is 23.9 Å². The van der Waals surface area contributed by atoms with E-state index in [2.05, 4.69) is 0 Å². The molecular weight excluding hydrogens is 310 g/mol. The fourth-order valence-corrected chi connectivity index (χ4v) is 2.56. The molecule has 0 bridgehead atoms. The molecule has 0 radical (unpaired) electrons. The van der Waals surface area contributed by atoms with E-state index in [1.807, 2.05) is 20.8 Å². The summed E-state index contributed by atoms with van der Waals surface area (Å²) in [4.78, 5) is 36.1. The van der Waals surface area contributed by atoms with E-state index in [0.29, 0.717) is 18.1 Å². The highest BCUT2D eigenvalue weighted by molar-refractivity contribution is 6.07. The summed E-state index contributed by atoms with van der Waals surface area (Å²) in [6.45, 7) is 10.6. The Balaban J connectivity index is 3.98. The second kappa shape index (κ2) is 6.63. The van der Waals surface area contributed by atoms with Crippen molar-refractivity contribution in [2.75, 3.05) is 12.8 Å². The molecule has 2 N–H and O–H groups in total. The first kappa shape index (κ1) is 19.7. The van der Waals surface area contributed by atoms with Crippen molar-refractivity contribution in [1.82, 2.24) is 0 Å². The van der Waals surface area contributed by atoms with Gasteiger partial charge in [-0.15, -0.1) is 0 Å². The highest BCUT2D eigenvalue weighted by Gasteiger charge is 2.34. The van der Waals surface area contributed by atoms with Gasteiger partial charge in [-0.25, -0.2) is 4.79 Å². The highest BCUT2D eigenvalue weighted by atomic mass is 16.6. The molecular formula is C18H25NO5. The number of methoxy groups -OCH3 is 1. The van der Waals surface area contributed by atoms with E-state index in [1.165, 1.54) is 7.11 Å². The molecule has 0 atom stereocenters. The van der Waals surface area contributed by atoms with E-state index < -0.39 is 17.0 Å². The number of aldehydes is 2. The minimum atomic E-state index is -0.762. The number of carbonyl (C=O) groups excluding carboxylic acids is 3. The van der Waals surface area contributed by atoms with E-state index in [0.717, 1.165) is 0 Å². The summed E-state index contributed by atoms with van der Waals surface area (Å²) in [5.41, 5.74) is 5.15. The second-order valence-corrected chi connectivity index (χ2v) is 7.51. The zero-order valence-electron chi connectivity index (χ0n) is 15.3. The van der Waals surface area contributed by atoms with Crippen molar-refractivity contribution in [3.63, 3.8) is 0 Å². The Bertz CT molecular complexity index is 678. The lowest BCUT2D eigenvalue weighted by Crippen LogP contribution is -2.29. The van der Waals surface area contributed by atoms with Gasteiger partial charge in [0.2, 0.25) is 0 Å². The molecule has 0 saturated heterocycles. The smallest absolute Gasteiger partial charge is 0.339 e. The summed E-state index contributed by atoms with van der Waals surface area (Å²) in [6, 6.07) is 0. The molecule has 0 aliphatic heterocycles. The Hall–Kier alpha value is -2.37. The van der Waals surface area contributed by atoms with Gasteiger partial charge in [-0.05, 0) is 31.7 Å². The van der Waals surface area contributed by atoms with E-state index in [9.17, 15) is 14.4 Å². The van der Waals surface area contributed by atoms with Gasteiger partial charge in [0.05, 0.1) is 23.9 Å². The van der Waals surface area contributed by atoms with E-state index in [1.54, 1.807) is 20.8 Å². The summed E-state index contributed by atoms with van der Waals surface area (Å²) >= 11 is 0. The van der Waals surface area contributed by atoms with Gasteiger partial charge < -0.3 is 15.2 Å². The Morgan fingerprint density at radius 1 is 1.00 bits per heavy atom. The Morgan fingerprint density at radius 3 is 1.83 bits per heavy atom. The highest BCUT2D eigenvalue weighted by Crippen LogP contribution is 2.41. The van der Waals surface area contributed by atoms with Crippen LogP contribution in [0.15, 0.2) is 0 Å². The standard InChI is InChI=1S/C18H25NO5/c1-17(2,3)13-11(9-21)14(19)15(23-7)10(8-20)12(13)16(22)24-18(4,5)6/h8-9H,19H2,1-7H3. The summed E-state index contributed by atoms with van der Waals surface area (Å²) < 4.78 is 10.6. The number of hydrogen-bond acceptors (Lipinski definition) is 6. The fraction of sp³-hybridized carbons (Fsp3) is 0.500. The summed E-state index contributed by atoms with van der Waals surface area (Å²) in [6.07, 6.45) is 1.07. The Morgan fingerprint density at radius 2 is 1.50 bits per heavy atom. The first-order valence-corrected chi connectivity index (χ1v) is 7.56. The van der Waals surface area contributed by atoms with Crippen molar-refractivity contribution >= 4 is 24.2 Å². The lowest BCUT2D eigenvalue weighted by Gasteiger charge is -2.29. The van der Waals surface area contributed by atoms with Gasteiger partial charge in [0, 0.05) is 5.56 Å². The third-order valence-corrected chi connectivity index (χ3v) is 3.36. The van der Waals surface area contributed by atoms with Crippen LogP contribution in [0.25, 0.3) is 0 Å². The van der Waals surface area contributed by atoms with Gasteiger partial charge in [-0.2, -0.15) is 0 Å². The van der Waals surface area contributed by atoms with Gasteiger partial charge >= 0.3 is 5.97 Å². The van der Waals surface area contributed by atoms with Gasteiger partial charge in [0.15, 0.2) is 18.3 Å². The van der Waals surface area contributed by atoms with Crippen molar-refractivity contribution in [1.29, 1.82) is 0 Å². The number of anilines is 1. The van der Waals surface area contributed by atoms with E-state index >= 15 is 0 Å². The minimum absolute atomic E-state index is 0.000888. The second-order valence-electron chi connectivity index (χ2n) is 7.51. The molecule has 0 heterocycles. The molecule has 0 spiro atoms. The summed E-state index contributed by atoms with van der Waals surface area (Å²) in [5, 5.41) is 0. The molecule has 0 aliphatic rings. The maximum absolute atomic E-state index is 12.8. The predicted octanol–water partition coefficient (Wildman–Crippen LogP) is 3.16. The first-order valence-electron chi connectivity index (χ1n) is 7.56. The van der Waals surface area contributed by atoms with Crippen LogP contribution >= 0.6 is 0 Å². The number of esters is 1. The molecule has 0 aromatic heterocycles. The maximum Gasteiger partial charge on any atom is 0.339 e. The minimum Gasteiger partial charge on any atom is -0.494 e. The average Bonchev–Trinajstić information content (AvgIpc) is 2.42. The van der Waals surface area contributed by atoms with Crippen LogP contribution in [-0.4, -0.2) is 31.3 Å². The number of benzene rings is 1. The van der Waals surface area contributed by atoms with Crippen LogP contribution in [0.2, 0.25) is 0 Å². The molecule has 1 rings (SSSR count). The van der Waals surface area contributed by atoms with Crippen molar-refractivity contribution in [3.8, 4) is 5.75 Å². The zero-order chi connectivity index (χ0) is 18.9. The monoisotopic (exact) mass is 335 g/mol. The number of ether oxygens (including phenoxy) is 2. The quantitative estimate of drug-likeness (QED) is 0.516. The molecule has 6 heteroatoms. The Kier molecular flexibility index (Phi) is 5.43. The van der Waals surface area contributed by atoms with Crippen molar-refractivity contribution in [2.24, 2.45) is 0 Å². The van der Waals surface area contributed by atoms with E-state index in [4.69, 9.17) is 15.2 Å². The third kappa shape index (κ3) is 3.75. The first-order chi connectivity index (χ1) is 10.9. The largest absolute Gasteiger partial charge is 0.494 e. The lowest BCUT2D eigenvalue weighted by molar-refractivity contribution is 0.00652. The molecule has 1 aromatic carbocycles. The third-order valence-electron chi connectivity index (χ3n) is 3.36. The van der Waals surface area contributed by atoms with Gasteiger partial charge in [-0.1, -0.05) is 20.8 Å². The van der Waals surface area contributed by atoms with Gasteiger partial charge in [0.1, 0.15) is 5.60 Å². The molecule has 0 amide bonds. The fourth-order valence-electron chi connectivity index (χ4n) is 2.56. The van der Waals surface area contributed by atoms with Crippen LogP contribution in [-0.2, 0) is 10.2 Å². The zero-order valence-corrected chi connectivity index (χ0v) is 15.3. The van der Waals surface area contributed by atoms with Crippen molar-refractivity contribution in [3.05, 3.63) is 22.3 Å². The molecule has 0 aliphatic carbocycles. The number of nitrogen functional groups attached to an aromatic ring is 1. The predicted molar refractivity (Wildman–Crippen MR) is 92.0 cm³/mol. The van der Waals surface area contributed by atoms with E-state index in [-0.39, 0.29) is 28.1 Å². The molecule has 24 heavy (non-hydrogen) atoms. The van der Waals surface area contributed by atoms with Crippen LogP contribution in [0, 0.1) is 0 Å². The number of hydrogen-bond donors (Lipinski definition) is 1. The maximum atomic E-state index is 12.8. The van der Waals surface area contributed by atoms with Crippen LogP contribution < -0.4 is 10.5 Å². The Labute approximate surface area is 142 Å². The normalized spacial score (nSPS) is 11.8. The molecule has 0 unspecified atom stereocenters. The molecule has 6 nitrogen and oxygen atoms in total. The summed E-state index contributed by atoms with van der Waals surface area (Å²) in [5.74, 6) is -0.697. The van der Waals surface area contributed by atoms with Gasteiger partial charge in [-0.3, -0.25) is 9.59 Å². The van der Waals surface area contributed by atoms with Crippen LogP contribution in [0.5, 0.6) is 5.75 Å². The average molecular weight is 335 g/mol. The topological polar surface area (TPSA) is 95.7 Å². The van der Waals surface area contributed by atoms with Gasteiger partial charge in [0.25, 0.3) is 0 Å².